The molecule has 0 amide bonds. The van der Waals surface area contributed by atoms with Crippen molar-refractivity contribution < 1.29 is 33.5 Å². The molecule has 2 aromatic carbocycles. The highest BCUT2D eigenvalue weighted by Crippen LogP contribution is 2.35. The van der Waals surface area contributed by atoms with Crippen molar-refractivity contribution >= 4 is 34.7 Å². The summed E-state index contributed by atoms with van der Waals surface area (Å²) in [6.45, 7) is 3.61. The first-order chi connectivity index (χ1) is 15.8. The Balaban J connectivity index is 1.59. The number of hydrogen-bond acceptors (Lipinski definition) is 7. The third-order valence-electron chi connectivity index (χ3n) is 5.97. The van der Waals surface area contributed by atoms with Crippen molar-refractivity contribution in [2.75, 3.05) is 0 Å². The molecule has 168 valence electrons. The predicted octanol–water partition coefficient (Wildman–Crippen LogP) is 4.21. The van der Waals surface area contributed by atoms with Crippen LogP contribution in [0.3, 0.4) is 0 Å². The molecule has 0 bridgehead atoms. The van der Waals surface area contributed by atoms with Crippen molar-refractivity contribution in [3.63, 3.8) is 0 Å². The molecule has 0 saturated heterocycles. The minimum atomic E-state index is -1.29. The molecule has 0 saturated carbocycles. The zero-order chi connectivity index (χ0) is 23.9. The van der Waals surface area contributed by atoms with Gasteiger partial charge in [0.25, 0.3) is 0 Å². The van der Waals surface area contributed by atoms with Crippen LogP contribution in [0.4, 0.5) is 0 Å². The fourth-order valence-electron chi connectivity index (χ4n) is 4.37. The van der Waals surface area contributed by atoms with E-state index < -0.39 is 35.0 Å². The van der Waals surface area contributed by atoms with Gasteiger partial charge in [0, 0.05) is 35.1 Å². The Labute approximate surface area is 190 Å². The first-order valence-corrected chi connectivity index (χ1v) is 11.0. The van der Waals surface area contributed by atoms with Crippen molar-refractivity contribution in [3.8, 4) is 11.5 Å². The fraction of sp³-hybridized carbons (Fsp3) is 0.308. The predicted molar refractivity (Wildman–Crippen MR) is 117 cm³/mol. The first-order valence-electron chi connectivity index (χ1n) is 11.0. The zero-order valence-electron chi connectivity index (χ0n) is 18.3. The van der Waals surface area contributed by atoms with Gasteiger partial charge in [0.2, 0.25) is 0 Å². The van der Waals surface area contributed by atoms with Crippen LogP contribution in [-0.2, 0) is 9.59 Å². The van der Waals surface area contributed by atoms with Gasteiger partial charge in [0.15, 0.2) is 34.7 Å². The van der Waals surface area contributed by atoms with E-state index in [2.05, 4.69) is 0 Å². The Morgan fingerprint density at radius 3 is 1.36 bits per heavy atom. The summed E-state index contributed by atoms with van der Waals surface area (Å²) in [5.74, 6) is -4.94. The van der Waals surface area contributed by atoms with Gasteiger partial charge in [-0.05, 0) is 49.2 Å². The lowest BCUT2D eigenvalue weighted by molar-refractivity contribution is -0.121. The first kappa shape index (κ1) is 22.5. The van der Waals surface area contributed by atoms with Crippen molar-refractivity contribution in [3.05, 3.63) is 58.7 Å². The molecule has 0 aromatic heterocycles. The van der Waals surface area contributed by atoms with Crippen LogP contribution < -0.4 is 4.74 Å². The molecule has 0 aliphatic heterocycles. The molecule has 0 radical (unpaired) electrons. The molecule has 4 rings (SSSR count). The average Bonchev–Trinajstić information content (AvgIpc) is 3.18. The molecule has 2 aromatic rings. The van der Waals surface area contributed by atoms with Crippen LogP contribution >= 0.6 is 0 Å². The highest BCUT2D eigenvalue weighted by atomic mass is 16.5. The second-order valence-corrected chi connectivity index (χ2v) is 8.27. The topological polar surface area (TPSA) is 112 Å². The van der Waals surface area contributed by atoms with Crippen molar-refractivity contribution in [2.45, 2.75) is 39.5 Å². The van der Waals surface area contributed by atoms with Gasteiger partial charge in [0.1, 0.15) is 23.3 Å². The maximum Gasteiger partial charge on any atom is 0.182 e. The molecule has 2 atom stereocenters. The molecule has 2 aliphatic rings. The molecular formula is C26H22O7. The third-order valence-corrected chi connectivity index (χ3v) is 5.97. The SMILES string of the molecule is CCCC(=O)C1C(=O)c2ccc(Oc3ccc4c(c3)C(=O)C(C(=O)CCC)C4=O)cc2C1=O. The number of Topliss-reactive ketones (excluding diaryl/α,β-unsaturated/α-hetero) is 6. The van der Waals surface area contributed by atoms with Gasteiger partial charge in [-0.25, -0.2) is 0 Å². The van der Waals surface area contributed by atoms with Gasteiger partial charge in [-0.3, -0.25) is 28.8 Å². The maximum atomic E-state index is 12.7. The summed E-state index contributed by atoms with van der Waals surface area (Å²) >= 11 is 0. The van der Waals surface area contributed by atoms with Crippen LogP contribution in [0.15, 0.2) is 36.4 Å². The standard InChI is InChI=1S/C26H22O7/c1-3-5-19(27)21-23(29)15-9-7-13(11-17(15)25(21)31)33-14-8-10-16-18(12-14)26(32)22(24(16)30)20(28)6-4-2/h7-12,21-22H,3-6H2,1-2H3. The molecule has 2 aliphatic carbocycles. The summed E-state index contributed by atoms with van der Waals surface area (Å²) < 4.78 is 5.79. The van der Waals surface area contributed by atoms with Gasteiger partial charge in [-0.2, -0.15) is 0 Å². The summed E-state index contributed by atoms with van der Waals surface area (Å²) in [6, 6.07) is 8.72. The molecule has 0 fully saturated rings. The van der Waals surface area contributed by atoms with Crippen LogP contribution in [0, 0.1) is 11.8 Å². The normalized spacial score (nSPS) is 19.0. The minimum absolute atomic E-state index is 0.129. The minimum Gasteiger partial charge on any atom is -0.457 e. The fourth-order valence-corrected chi connectivity index (χ4v) is 4.37. The van der Waals surface area contributed by atoms with Crippen molar-refractivity contribution in [1.29, 1.82) is 0 Å². The number of carbonyl (C=O) groups is 6. The van der Waals surface area contributed by atoms with E-state index in [4.69, 9.17) is 4.74 Å². The molecular weight excluding hydrogens is 424 g/mol. The van der Waals surface area contributed by atoms with Crippen LogP contribution in [0.2, 0.25) is 0 Å². The molecule has 2 unspecified atom stereocenters. The Kier molecular flexibility index (Phi) is 5.89. The van der Waals surface area contributed by atoms with E-state index >= 15 is 0 Å². The van der Waals surface area contributed by atoms with Crippen LogP contribution in [0.25, 0.3) is 0 Å². The van der Waals surface area contributed by atoms with Crippen LogP contribution in [0.5, 0.6) is 11.5 Å². The lowest BCUT2D eigenvalue weighted by Gasteiger charge is -2.08. The molecule has 0 heterocycles. The lowest BCUT2D eigenvalue weighted by atomic mass is 9.96. The van der Waals surface area contributed by atoms with E-state index in [-0.39, 0.29) is 58.2 Å². The van der Waals surface area contributed by atoms with E-state index in [1.165, 1.54) is 36.4 Å². The summed E-state index contributed by atoms with van der Waals surface area (Å²) in [7, 11) is 0. The van der Waals surface area contributed by atoms with Crippen LogP contribution in [0.1, 0.15) is 81.0 Å². The number of hydrogen-bond donors (Lipinski definition) is 0. The number of benzene rings is 2. The summed E-state index contributed by atoms with van der Waals surface area (Å²) in [5, 5.41) is 0. The van der Waals surface area contributed by atoms with Gasteiger partial charge in [-0.1, -0.05) is 13.8 Å². The molecule has 7 heteroatoms. The average molecular weight is 446 g/mol. The van der Waals surface area contributed by atoms with Gasteiger partial charge >= 0.3 is 0 Å². The zero-order valence-corrected chi connectivity index (χ0v) is 18.3. The Bertz CT molecular complexity index is 1140. The third kappa shape index (κ3) is 3.73. The lowest BCUT2D eigenvalue weighted by Crippen LogP contribution is -2.25. The largest absolute Gasteiger partial charge is 0.457 e. The van der Waals surface area contributed by atoms with E-state index in [1.54, 1.807) is 13.8 Å². The van der Waals surface area contributed by atoms with E-state index in [0.717, 1.165) is 0 Å². The monoisotopic (exact) mass is 446 g/mol. The molecule has 0 spiro atoms. The number of fused-ring (bicyclic) bond motifs is 2. The Morgan fingerprint density at radius 1 is 0.636 bits per heavy atom. The Morgan fingerprint density at radius 2 is 1.00 bits per heavy atom. The second kappa shape index (κ2) is 8.65. The quantitative estimate of drug-likeness (QED) is 0.559. The van der Waals surface area contributed by atoms with Crippen molar-refractivity contribution in [2.24, 2.45) is 11.8 Å². The highest BCUT2D eigenvalue weighted by molar-refractivity contribution is 6.36. The van der Waals surface area contributed by atoms with E-state index in [0.29, 0.717) is 12.8 Å². The number of ketones is 6. The van der Waals surface area contributed by atoms with Crippen LogP contribution in [-0.4, -0.2) is 34.7 Å². The highest BCUT2D eigenvalue weighted by Gasteiger charge is 2.44. The number of carbonyl (C=O) groups excluding carboxylic acids is 6. The summed E-state index contributed by atoms with van der Waals surface area (Å²) in [5.41, 5.74) is 0.636. The number of rotatable bonds is 8. The smallest absolute Gasteiger partial charge is 0.182 e. The molecule has 7 nitrogen and oxygen atoms in total. The van der Waals surface area contributed by atoms with E-state index in [9.17, 15) is 28.8 Å². The van der Waals surface area contributed by atoms with Crippen molar-refractivity contribution in [1.82, 2.24) is 0 Å². The van der Waals surface area contributed by atoms with E-state index in [1.807, 2.05) is 0 Å². The maximum absolute atomic E-state index is 12.7. The summed E-state index contributed by atoms with van der Waals surface area (Å²) in [6.07, 6.45) is 1.41. The molecule has 33 heavy (non-hydrogen) atoms. The van der Waals surface area contributed by atoms with Gasteiger partial charge in [0.05, 0.1) is 0 Å². The molecule has 0 N–H and O–H groups in total. The Hall–Kier alpha value is -3.74. The number of ether oxygens (including phenoxy) is 1. The van der Waals surface area contributed by atoms with Gasteiger partial charge < -0.3 is 4.74 Å². The van der Waals surface area contributed by atoms with Gasteiger partial charge in [-0.15, -0.1) is 0 Å². The summed E-state index contributed by atoms with van der Waals surface area (Å²) in [4.78, 5) is 75.0. The second-order valence-electron chi connectivity index (χ2n) is 8.27.